The Kier molecular flexibility index (Phi) is 4.02. The molecular weight excluding hydrogens is 238 g/mol. The van der Waals surface area contributed by atoms with Crippen LogP contribution in [0, 0.1) is 31.6 Å². The summed E-state index contributed by atoms with van der Waals surface area (Å²) in [5.41, 5.74) is 2.57. The Morgan fingerprint density at radius 1 is 1.21 bits per heavy atom. The van der Waals surface area contributed by atoms with Crippen LogP contribution in [0.15, 0.2) is 6.20 Å². The molecule has 1 aromatic rings. The van der Waals surface area contributed by atoms with E-state index in [1.807, 2.05) is 20.0 Å². The van der Waals surface area contributed by atoms with Crippen molar-refractivity contribution in [2.24, 2.45) is 17.8 Å². The van der Waals surface area contributed by atoms with E-state index in [0.717, 1.165) is 30.0 Å². The van der Waals surface area contributed by atoms with Gasteiger partial charge in [-0.15, -0.1) is 0 Å². The molecule has 0 aromatic carbocycles. The highest BCUT2D eigenvalue weighted by Crippen LogP contribution is 2.35. The number of aromatic nitrogens is 1. The standard InChI is InChI=1S/C16H25NO2/c1-9-6-10(2)15(11(3)7-9)19-16(18)14-12(4)8-17-13(14)5/h8-11,15,17H,6-7H2,1-5H3. The van der Waals surface area contributed by atoms with Gasteiger partial charge in [-0.1, -0.05) is 20.8 Å². The molecule has 1 aromatic heterocycles. The lowest BCUT2D eigenvalue weighted by Gasteiger charge is -2.37. The van der Waals surface area contributed by atoms with E-state index >= 15 is 0 Å². The highest BCUT2D eigenvalue weighted by atomic mass is 16.5. The van der Waals surface area contributed by atoms with Crippen molar-refractivity contribution < 1.29 is 9.53 Å². The topological polar surface area (TPSA) is 42.1 Å². The molecule has 0 amide bonds. The normalized spacial score (nSPS) is 31.2. The molecule has 1 aliphatic carbocycles. The van der Waals surface area contributed by atoms with Crippen molar-refractivity contribution in [2.75, 3.05) is 0 Å². The van der Waals surface area contributed by atoms with Crippen molar-refractivity contribution in [3.8, 4) is 0 Å². The van der Waals surface area contributed by atoms with Gasteiger partial charge in [-0.3, -0.25) is 0 Å². The second-order valence-electron chi connectivity index (χ2n) is 6.37. The number of esters is 1. The van der Waals surface area contributed by atoms with E-state index in [0.29, 0.717) is 17.4 Å². The van der Waals surface area contributed by atoms with Gasteiger partial charge in [0.15, 0.2) is 0 Å². The molecule has 1 fully saturated rings. The van der Waals surface area contributed by atoms with E-state index in [1.54, 1.807) is 0 Å². The third kappa shape index (κ3) is 2.85. The van der Waals surface area contributed by atoms with Crippen LogP contribution in [-0.4, -0.2) is 17.1 Å². The molecule has 0 spiro atoms. The minimum absolute atomic E-state index is 0.0531. The molecule has 0 aliphatic heterocycles. The molecule has 1 N–H and O–H groups in total. The molecular formula is C16H25NO2. The number of nitrogens with one attached hydrogen (secondary N) is 1. The highest BCUT2D eigenvalue weighted by Gasteiger charge is 2.34. The molecule has 0 bridgehead atoms. The van der Waals surface area contributed by atoms with Gasteiger partial charge in [0, 0.05) is 11.9 Å². The quantitative estimate of drug-likeness (QED) is 0.823. The summed E-state index contributed by atoms with van der Waals surface area (Å²) in [4.78, 5) is 15.4. The fraction of sp³-hybridized carbons (Fsp3) is 0.688. The van der Waals surface area contributed by atoms with Crippen LogP contribution in [-0.2, 0) is 4.74 Å². The molecule has 0 saturated heterocycles. The lowest BCUT2D eigenvalue weighted by Crippen LogP contribution is -2.37. The molecule has 1 aliphatic rings. The second-order valence-corrected chi connectivity index (χ2v) is 6.37. The molecule has 0 radical (unpaired) electrons. The van der Waals surface area contributed by atoms with Crippen molar-refractivity contribution in [3.63, 3.8) is 0 Å². The summed E-state index contributed by atoms with van der Waals surface area (Å²) in [6, 6.07) is 0. The van der Waals surface area contributed by atoms with E-state index in [2.05, 4.69) is 25.8 Å². The maximum Gasteiger partial charge on any atom is 0.340 e. The summed E-state index contributed by atoms with van der Waals surface area (Å²) in [6.07, 6.45) is 4.21. The first-order valence-electron chi connectivity index (χ1n) is 7.25. The second kappa shape index (κ2) is 5.40. The number of rotatable bonds is 2. The van der Waals surface area contributed by atoms with Crippen molar-refractivity contribution in [3.05, 3.63) is 23.0 Å². The number of hydrogen-bond donors (Lipinski definition) is 1. The first-order chi connectivity index (χ1) is 8.90. The molecule has 2 atom stereocenters. The molecule has 3 heteroatoms. The monoisotopic (exact) mass is 263 g/mol. The largest absolute Gasteiger partial charge is 0.458 e. The average Bonchev–Trinajstić information content (AvgIpc) is 2.63. The minimum Gasteiger partial charge on any atom is -0.458 e. The van der Waals surface area contributed by atoms with Crippen molar-refractivity contribution in [1.82, 2.24) is 4.98 Å². The third-order valence-corrected chi connectivity index (χ3v) is 4.39. The van der Waals surface area contributed by atoms with Gasteiger partial charge in [-0.25, -0.2) is 4.79 Å². The number of hydrogen-bond acceptors (Lipinski definition) is 2. The van der Waals surface area contributed by atoms with Gasteiger partial charge < -0.3 is 9.72 Å². The van der Waals surface area contributed by atoms with Gasteiger partial charge in [0.2, 0.25) is 0 Å². The Labute approximate surface area is 115 Å². The summed E-state index contributed by atoms with van der Waals surface area (Å²) in [6.45, 7) is 10.5. The van der Waals surface area contributed by atoms with E-state index in [1.165, 1.54) is 0 Å². The van der Waals surface area contributed by atoms with Gasteiger partial charge in [0.05, 0.1) is 5.56 Å². The molecule has 19 heavy (non-hydrogen) atoms. The van der Waals surface area contributed by atoms with Gasteiger partial charge in [0.25, 0.3) is 0 Å². The third-order valence-electron chi connectivity index (χ3n) is 4.39. The van der Waals surface area contributed by atoms with Crippen LogP contribution in [0.5, 0.6) is 0 Å². The maximum absolute atomic E-state index is 12.3. The van der Waals surface area contributed by atoms with Crippen LogP contribution in [0.3, 0.4) is 0 Å². The van der Waals surface area contributed by atoms with Crippen LogP contribution in [0.2, 0.25) is 0 Å². The van der Waals surface area contributed by atoms with Crippen LogP contribution < -0.4 is 0 Å². The lowest BCUT2D eigenvalue weighted by molar-refractivity contribution is -0.0253. The number of aryl methyl sites for hydroxylation is 2. The predicted octanol–water partition coefficient (Wildman–Crippen LogP) is 3.86. The Hall–Kier alpha value is -1.25. The summed E-state index contributed by atoms with van der Waals surface area (Å²) >= 11 is 0. The Bertz CT molecular complexity index is 432. The molecule has 1 heterocycles. The highest BCUT2D eigenvalue weighted by molar-refractivity contribution is 5.92. The van der Waals surface area contributed by atoms with Gasteiger partial charge >= 0.3 is 5.97 Å². The van der Waals surface area contributed by atoms with E-state index < -0.39 is 0 Å². The zero-order chi connectivity index (χ0) is 14.2. The van der Waals surface area contributed by atoms with Crippen molar-refractivity contribution in [1.29, 1.82) is 0 Å². The van der Waals surface area contributed by atoms with Crippen molar-refractivity contribution in [2.45, 2.75) is 53.6 Å². The predicted molar refractivity (Wildman–Crippen MR) is 76.2 cm³/mol. The van der Waals surface area contributed by atoms with Gasteiger partial charge in [-0.2, -0.15) is 0 Å². The molecule has 3 nitrogen and oxygen atoms in total. The lowest BCUT2D eigenvalue weighted by atomic mass is 9.75. The summed E-state index contributed by atoms with van der Waals surface area (Å²) < 4.78 is 5.81. The van der Waals surface area contributed by atoms with Gasteiger partial charge in [-0.05, 0) is 50.0 Å². The number of carbonyl (C=O) groups is 1. The van der Waals surface area contributed by atoms with Crippen molar-refractivity contribution >= 4 is 5.97 Å². The average molecular weight is 263 g/mol. The molecule has 2 unspecified atom stereocenters. The van der Waals surface area contributed by atoms with Crippen LogP contribution in [0.25, 0.3) is 0 Å². The molecule has 1 saturated carbocycles. The number of aromatic amines is 1. The van der Waals surface area contributed by atoms with E-state index in [9.17, 15) is 4.79 Å². The first kappa shape index (κ1) is 14.2. The number of ether oxygens (including phenoxy) is 1. The molecule has 106 valence electrons. The van der Waals surface area contributed by atoms with E-state index in [-0.39, 0.29) is 12.1 Å². The van der Waals surface area contributed by atoms with Crippen LogP contribution >= 0.6 is 0 Å². The first-order valence-corrected chi connectivity index (χ1v) is 7.25. The Morgan fingerprint density at radius 2 is 1.79 bits per heavy atom. The maximum atomic E-state index is 12.3. The number of carbonyl (C=O) groups excluding carboxylic acids is 1. The fourth-order valence-corrected chi connectivity index (χ4v) is 3.58. The van der Waals surface area contributed by atoms with Gasteiger partial charge in [0.1, 0.15) is 6.10 Å². The number of H-pyrrole nitrogens is 1. The minimum atomic E-state index is -0.172. The summed E-state index contributed by atoms with van der Waals surface area (Å²) in [7, 11) is 0. The zero-order valence-electron chi connectivity index (χ0n) is 12.6. The smallest absolute Gasteiger partial charge is 0.340 e. The van der Waals surface area contributed by atoms with Crippen LogP contribution in [0.1, 0.15) is 55.2 Å². The zero-order valence-corrected chi connectivity index (χ0v) is 12.6. The fourth-order valence-electron chi connectivity index (χ4n) is 3.58. The summed E-state index contributed by atoms with van der Waals surface area (Å²) in [5.74, 6) is 1.45. The molecule has 2 rings (SSSR count). The van der Waals surface area contributed by atoms with E-state index in [4.69, 9.17) is 4.74 Å². The Balaban J connectivity index is 2.10. The summed E-state index contributed by atoms with van der Waals surface area (Å²) in [5, 5.41) is 0. The van der Waals surface area contributed by atoms with Crippen LogP contribution in [0.4, 0.5) is 0 Å². The SMILES string of the molecule is Cc1c[nH]c(C)c1C(=O)OC1C(C)CC(C)CC1C. The Morgan fingerprint density at radius 3 is 2.26 bits per heavy atom.